The van der Waals surface area contributed by atoms with Gasteiger partial charge in [0.2, 0.25) is 0 Å². The molecule has 1 heterocycles. The van der Waals surface area contributed by atoms with E-state index in [4.69, 9.17) is 9.47 Å². The summed E-state index contributed by atoms with van der Waals surface area (Å²) in [5.41, 5.74) is 0.680. The highest BCUT2D eigenvalue weighted by Gasteiger charge is 2.14. The lowest BCUT2D eigenvalue weighted by Gasteiger charge is -2.19. The van der Waals surface area contributed by atoms with Crippen LogP contribution in [0.25, 0.3) is 0 Å². The van der Waals surface area contributed by atoms with Crippen LogP contribution in [0, 0.1) is 5.82 Å². The van der Waals surface area contributed by atoms with E-state index in [0.717, 1.165) is 21.3 Å². The summed E-state index contributed by atoms with van der Waals surface area (Å²) in [7, 11) is 1.81. The minimum Gasteiger partial charge on any atom is -0.486 e. The van der Waals surface area contributed by atoms with E-state index in [9.17, 15) is 4.39 Å². The van der Waals surface area contributed by atoms with Crippen molar-refractivity contribution in [3.05, 3.63) is 47.8 Å². The van der Waals surface area contributed by atoms with Crippen molar-refractivity contribution >= 4 is 11.8 Å². The van der Waals surface area contributed by atoms with Crippen LogP contribution in [0.15, 0.2) is 46.2 Å². The van der Waals surface area contributed by atoms with Gasteiger partial charge >= 0.3 is 0 Å². The van der Waals surface area contributed by atoms with Crippen molar-refractivity contribution in [3.8, 4) is 11.5 Å². The van der Waals surface area contributed by atoms with E-state index in [1.807, 2.05) is 31.3 Å². The molecule has 1 aliphatic heterocycles. The maximum Gasteiger partial charge on any atom is 0.162 e. The van der Waals surface area contributed by atoms with Crippen molar-refractivity contribution < 1.29 is 13.9 Å². The van der Waals surface area contributed by atoms with Gasteiger partial charge in [0.05, 0.1) is 0 Å². The van der Waals surface area contributed by atoms with Crippen LogP contribution >= 0.6 is 11.8 Å². The molecule has 21 heavy (non-hydrogen) atoms. The molecule has 3 nitrogen and oxygen atoms in total. The van der Waals surface area contributed by atoms with E-state index < -0.39 is 0 Å². The quantitative estimate of drug-likeness (QED) is 0.937. The summed E-state index contributed by atoms with van der Waals surface area (Å²) >= 11 is 1.53. The Kier molecular flexibility index (Phi) is 4.31. The lowest BCUT2D eigenvalue weighted by atomic mass is 10.2. The number of hydrogen-bond donors (Lipinski definition) is 1. The molecule has 1 N–H and O–H groups in total. The zero-order valence-electron chi connectivity index (χ0n) is 11.7. The highest BCUT2D eigenvalue weighted by molar-refractivity contribution is 7.99. The molecule has 2 aromatic rings. The Labute approximate surface area is 127 Å². The number of benzene rings is 2. The first-order chi connectivity index (χ1) is 10.3. The number of hydrogen-bond acceptors (Lipinski definition) is 4. The first-order valence-electron chi connectivity index (χ1n) is 6.77. The third-order valence-electron chi connectivity index (χ3n) is 3.17. The monoisotopic (exact) mass is 305 g/mol. The van der Waals surface area contributed by atoms with Gasteiger partial charge in [0, 0.05) is 21.9 Å². The maximum atomic E-state index is 13.9. The highest BCUT2D eigenvalue weighted by Crippen LogP contribution is 2.38. The molecule has 0 spiro atoms. The minimum atomic E-state index is -0.188. The summed E-state index contributed by atoms with van der Waals surface area (Å²) in [5, 5.41) is 3.00. The second kappa shape index (κ2) is 6.37. The zero-order valence-corrected chi connectivity index (χ0v) is 12.5. The Hall–Kier alpha value is -1.72. The maximum absolute atomic E-state index is 13.9. The van der Waals surface area contributed by atoms with E-state index in [2.05, 4.69) is 5.32 Å². The fourth-order valence-electron chi connectivity index (χ4n) is 2.20. The fourth-order valence-corrected chi connectivity index (χ4v) is 3.19. The molecule has 2 aromatic carbocycles. The normalized spacial score (nSPS) is 13.2. The summed E-state index contributed by atoms with van der Waals surface area (Å²) in [6, 6.07) is 10.9. The van der Waals surface area contributed by atoms with E-state index >= 15 is 0 Å². The molecule has 0 saturated carbocycles. The van der Waals surface area contributed by atoms with Crippen LogP contribution in [0.3, 0.4) is 0 Å². The molecule has 0 bridgehead atoms. The second-order valence-corrected chi connectivity index (χ2v) is 5.77. The van der Waals surface area contributed by atoms with Gasteiger partial charge in [-0.05, 0) is 37.4 Å². The first kappa shape index (κ1) is 14.2. The number of halogens is 1. The lowest BCUT2D eigenvalue weighted by molar-refractivity contribution is 0.171. The molecule has 0 aromatic heterocycles. The van der Waals surface area contributed by atoms with Gasteiger partial charge < -0.3 is 14.8 Å². The van der Waals surface area contributed by atoms with E-state index in [1.165, 1.54) is 17.8 Å². The molecular formula is C16H16FNO2S. The smallest absolute Gasteiger partial charge is 0.162 e. The summed E-state index contributed by atoms with van der Waals surface area (Å²) in [4.78, 5) is 1.91. The molecule has 3 rings (SSSR count). The van der Waals surface area contributed by atoms with Crippen LogP contribution < -0.4 is 14.8 Å². The second-order valence-electron chi connectivity index (χ2n) is 4.65. The zero-order chi connectivity index (χ0) is 14.7. The van der Waals surface area contributed by atoms with Crippen molar-refractivity contribution in [1.29, 1.82) is 0 Å². The van der Waals surface area contributed by atoms with Gasteiger partial charge in [-0.3, -0.25) is 0 Å². The average molecular weight is 305 g/mol. The van der Waals surface area contributed by atoms with Gasteiger partial charge in [-0.15, -0.1) is 0 Å². The van der Waals surface area contributed by atoms with Gasteiger partial charge in [0.25, 0.3) is 0 Å². The molecule has 0 saturated heterocycles. The summed E-state index contributed by atoms with van der Waals surface area (Å²) < 4.78 is 25.0. The molecular weight excluding hydrogens is 289 g/mol. The molecule has 0 atom stereocenters. The molecule has 0 amide bonds. The summed E-state index contributed by atoms with van der Waals surface area (Å²) in [5.74, 6) is 1.32. The minimum absolute atomic E-state index is 0.188. The summed E-state index contributed by atoms with van der Waals surface area (Å²) in [6.07, 6.45) is 0. The largest absolute Gasteiger partial charge is 0.486 e. The van der Waals surface area contributed by atoms with Crippen LogP contribution in [-0.4, -0.2) is 20.3 Å². The molecule has 0 fully saturated rings. The van der Waals surface area contributed by atoms with Crippen LogP contribution in [0.1, 0.15) is 5.56 Å². The first-order valence-corrected chi connectivity index (χ1v) is 7.59. The van der Waals surface area contributed by atoms with Crippen LogP contribution in [0.4, 0.5) is 4.39 Å². The van der Waals surface area contributed by atoms with Crippen LogP contribution in [0.5, 0.6) is 11.5 Å². The van der Waals surface area contributed by atoms with Crippen LogP contribution in [0.2, 0.25) is 0 Å². The van der Waals surface area contributed by atoms with E-state index in [1.54, 1.807) is 6.07 Å². The Balaban J connectivity index is 1.88. The molecule has 1 aliphatic rings. The van der Waals surface area contributed by atoms with Gasteiger partial charge in [0.15, 0.2) is 11.5 Å². The molecule has 5 heteroatoms. The lowest BCUT2D eigenvalue weighted by Crippen LogP contribution is -2.15. The SMILES string of the molecule is CNCc1c(F)cccc1Sc1ccc2c(c1)OCCO2. The van der Waals surface area contributed by atoms with Crippen molar-refractivity contribution in [2.24, 2.45) is 0 Å². The standard InChI is InChI=1S/C16H16FNO2S/c1-18-10-12-13(17)3-2-4-16(12)21-11-5-6-14-15(9-11)20-8-7-19-14/h2-6,9,18H,7-8,10H2,1H3. The average Bonchev–Trinajstić information content (AvgIpc) is 2.51. The predicted molar refractivity (Wildman–Crippen MR) is 80.7 cm³/mol. The fraction of sp³-hybridized carbons (Fsp3) is 0.250. The van der Waals surface area contributed by atoms with Crippen LogP contribution in [-0.2, 0) is 6.54 Å². The molecule has 110 valence electrons. The third-order valence-corrected chi connectivity index (χ3v) is 4.26. The third kappa shape index (κ3) is 3.14. The van der Waals surface area contributed by atoms with Crippen molar-refractivity contribution in [1.82, 2.24) is 5.32 Å². The van der Waals surface area contributed by atoms with Gasteiger partial charge in [-0.2, -0.15) is 0 Å². The van der Waals surface area contributed by atoms with Gasteiger partial charge in [-0.1, -0.05) is 17.8 Å². The van der Waals surface area contributed by atoms with Crippen molar-refractivity contribution in [2.75, 3.05) is 20.3 Å². The Morgan fingerprint density at radius 3 is 2.76 bits per heavy atom. The van der Waals surface area contributed by atoms with Crippen molar-refractivity contribution in [2.45, 2.75) is 16.3 Å². The highest BCUT2D eigenvalue weighted by atomic mass is 32.2. The van der Waals surface area contributed by atoms with Crippen molar-refractivity contribution in [3.63, 3.8) is 0 Å². The Morgan fingerprint density at radius 2 is 1.95 bits per heavy atom. The molecule has 0 radical (unpaired) electrons. The van der Waals surface area contributed by atoms with E-state index in [0.29, 0.717) is 25.3 Å². The predicted octanol–water partition coefficient (Wildman–Crippen LogP) is 3.47. The van der Waals surface area contributed by atoms with Gasteiger partial charge in [-0.25, -0.2) is 4.39 Å². The van der Waals surface area contributed by atoms with Gasteiger partial charge in [0.1, 0.15) is 19.0 Å². The topological polar surface area (TPSA) is 30.5 Å². The summed E-state index contributed by atoms with van der Waals surface area (Å²) in [6.45, 7) is 1.64. The Morgan fingerprint density at radius 1 is 1.14 bits per heavy atom. The molecule has 0 aliphatic carbocycles. The Bertz CT molecular complexity index is 648. The number of ether oxygens (including phenoxy) is 2. The number of rotatable bonds is 4. The number of nitrogens with one attached hydrogen (secondary N) is 1. The number of fused-ring (bicyclic) bond motifs is 1. The van der Waals surface area contributed by atoms with E-state index in [-0.39, 0.29) is 5.82 Å². The molecule has 0 unspecified atom stereocenters.